The Balaban J connectivity index is 2.32. The number of amides is 1. The summed E-state index contributed by atoms with van der Waals surface area (Å²) >= 11 is 0. The lowest BCUT2D eigenvalue weighted by Gasteiger charge is -2.13. The van der Waals surface area contributed by atoms with Crippen molar-refractivity contribution in [1.29, 1.82) is 0 Å². The molecule has 1 unspecified atom stereocenters. The lowest BCUT2D eigenvalue weighted by molar-refractivity contribution is -0.141. The number of carboxylic acids is 1. The van der Waals surface area contributed by atoms with Crippen molar-refractivity contribution in [3.63, 3.8) is 0 Å². The Bertz CT molecular complexity index is 348. The topological polar surface area (TPSA) is 91.6 Å². The van der Waals surface area contributed by atoms with Crippen molar-refractivity contribution in [2.75, 3.05) is 6.54 Å². The molecule has 6 nitrogen and oxygen atoms in total. The quantitative estimate of drug-likeness (QED) is 0.633. The van der Waals surface area contributed by atoms with E-state index in [1.165, 1.54) is 6.92 Å². The normalized spacial score (nSPS) is 12.1. The Hall–Kier alpha value is -1.82. The molecule has 16 heavy (non-hydrogen) atoms. The van der Waals surface area contributed by atoms with Crippen molar-refractivity contribution in [1.82, 2.24) is 10.6 Å². The summed E-state index contributed by atoms with van der Waals surface area (Å²) in [7, 11) is 0. The van der Waals surface area contributed by atoms with Gasteiger partial charge in [0.2, 0.25) is 5.91 Å². The Kier molecular flexibility index (Phi) is 4.53. The molecule has 1 aromatic heterocycles. The molecule has 1 heterocycles. The van der Waals surface area contributed by atoms with E-state index in [-0.39, 0.29) is 12.5 Å². The molecule has 0 radical (unpaired) electrons. The summed E-state index contributed by atoms with van der Waals surface area (Å²) in [5, 5.41) is 14.1. The van der Waals surface area contributed by atoms with Crippen molar-refractivity contribution in [2.45, 2.75) is 19.5 Å². The van der Waals surface area contributed by atoms with Crippen molar-refractivity contribution in [3.8, 4) is 0 Å². The third-order valence-corrected chi connectivity index (χ3v) is 1.93. The average molecular weight is 226 g/mol. The third kappa shape index (κ3) is 4.14. The second-order valence-corrected chi connectivity index (χ2v) is 3.35. The highest BCUT2D eigenvalue weighted by Crippen LogP contribution is 1.98. The standard InChI is InChI=1S/C10H14N2O4/c1-7(13)12-9(10(14)15)5-11-4-8-2-3-16-6-8/h2-3,6,9,11H,4-5H2,1H3,(H,12,13)(H,14,15). The van der Waals surface area contributed by atoms with E-state index in [2.05, 4.69) is 10.6 Å². The fourth-order valence-corrected chi connectivity index (χ4v) is 1.20. The zero-order chi connectivity index (χ0) is 12.0. The minimum absolute atomic E-state index is 0.167. The van der Waals surface area contributed by atoms with E-state index in [0.29, 0.717) is 6.54 Å². The smallest absolute Gasteiger partial charge is 0.327 e. The highest BCUT2D eigenvalue weighted by Gasteiger charge is 2.17. The molecule has 1 rings (SSSR count). The predicted octanol–water partition coefficient (Wildman–Crippen LogP) is -0.0415. The van der Waals surface area contributed by atoms with Crippen LogP contribution in [0.15, 0.2) is 23.0 Å². The van der Waals surface area contributed by atoms with E-state index >= 15 is 0 Å². The van der Waals surface area contributed by atoms with Crippen LogP contribution in [0.1, 0.15) is 12.5 Å². The maximum atomic E-state index is 10.8. The third-order valence-electron chi connectivity index (χ3n) is 1.93. The number of carbonyl (C=O) groups excluding carboxylic acids is 1. The molecule has 0 aliphatic heterocycles. The van der Waals surface area contributed by atoms with Gasteiger partial charge in [-0.25, -0.2) is 4.79 Å². The molecule has 1 aromatic rings. The Labute approximate surface area is 92.6 Å². The molecule has 0 aliphatic rings. The number of rotatable bonds is 6. The van der Waals surface area contributed by atoms with Gasteiger partial charge in [-0.15, -0.1) is 0 Å². The van der Waals surface area contributed by atoms with E-state index < -0.39 is 12.0 Å². The highest BCUT2D eigenvalue weighted by molar-refractivity contribution is 5.82. The number of carboxylic acid groups (broad SMARTS) is 1. The van der Waals surface area contributed by atoms with Gasteiger partial charge in [-0.05, 0) is 6.07 Å². The first-order valence-corrected chi connectivity index (χ1v) is 4.81. The highest BCUT2D eigenvalue weighted by atomic mass is 16.4. The molecule has 0 bridgehead atoms. The molecule has 0 spiro atoms. The zero-order valence-electron chi connectivity index (χ0n) is 8.90. The van der Waals surface area contributed by atoms with Crippen LogP contribution in [0.5, 0.6) is 0 Å². The molecule has 0 saturated heterocycles. The molecule has 88 valence electrons. The summed E-state index contributed by atoms with van der Waals surface area (Å²) in [6, 6.07) is 0.866. The molecule has 3 N–H and O–H groups in total. The largest absolute Gasteiger partial charge is 0.480 e. The van der Waals surface area contributed by atoms with Crippen LogP contribution in [-0.2, 0) is 16.1 Å². The van der Waals surface area contributed by atoms with Gasteiger partial charge in [0.25, 0.3) is 0 Å². The molecular formula is C10H14N2O4. The summed E-state index contributed by atoms with van der Waals surface area (Å²) in [6.07, 6.45) is 3.11. The Morgan fingerprint density at radius 1 is 1.56 bits per heavy atom. The maximum Gasteiger partial charge on any atom is 0.327 e. The van der Waals surface area contributed by atoms with Crippen LogP contribution in [0.4, 0.5) is 0 Å². The summed E-state index contributed by atoms with van der Waals surface area (Å²) < 4.78 is 4.86. The monoisotopic (exact) mass is 226 g/mol. The first-order valence-electron chi connectivity index (χ1n) is 4.81. The number of furan rings is 1. The lowest BCUT2D eigenvalue weighted by Crippen LogP contribution is -2.46. The number of aliphatic carboxylic acids is 1. The fourth-order valence-electron chi connectivity index (χ4n) is 1.20. The van der Waals surface area contributed by atoms with E-state index in [1.54, 1.807) is 18.6 Å². The Morgan fingerprint density at radius 2 is 2.31 bits per heavy atom. The Morgan fingerprint density at radius 3 is 2.81 bits per heavy atom. The second-order valence-electron chi connectivity index (χ2n) is 3.35. The van der Waals surface area contributed by atoms with Crippen LogP contribution in [0.25, 0.3) is 0 Å². The van der Waals surface area contributed by atoms with Gasteiger partial charge in [0.1, 0.15) is 6.04 Å². The number of carbonyl (C=O) groups is 2. The summed E-state index contributed by atoms with van der Waals surface area (Å²) in [6.45, 7) is 1.95. The van der Waals surface area contributed by atoms with Crippen molar-refractivity contribution in [3.05, 3.63) is 24.2 Å². The zero-order valence-corrected chi connectivity index (χ0v) is 8.90. The van der Waals surface area contributed by atoms with Gasteiger partial charge >= 0.3 is 5.97 Å². The fraction of sp³-hybridized carbons (Fsp3) is 0.400. The minimum atomic E-state index is -1.06. The van der Waals surface area contributed by atoms with E-state index in [0.717, 1.165) is 5.56 Å². The first kappa shape index (κ1) is 12.3. The molecule has 1 atom stereocenters. The number of hydrogen-bond acceptors (Lipinski definition) is 4. The van der Waals surface area contributed by atoms with Crippen LogP contribution < -0.4 is 10.6 Å². The molecule has 0 saturated carbocycles. The second kappa shape index (κ2) is 5.92. The summed E-state index contributed by atoms with van der Waals surface area (Å²) in [4.78, 5) is 21.5. The van der Waals surface area contributed by atoms with Crippen molar-refractivity contribution >= 4 is 11.9 Å². The minimum Gasteiger partial charge on any atom is -0.480 e. The molecule has 0 aliphatic carbocycles. The van der Waals surface area contributed by atoms with Gasteiger partial charge in [-0.1, -0.05) is 0 Å². The molecule has 6 heteroatoms. The summed E-state index contributed by atoms with van der Waals surface area (Å²) in [5.74, 6) is -1.42. The molecule has 1 amide bonds. The van der Waals surface area contributed by atoms with Crippen LogP contribution >= 0.6 is 0 Å². The van der Waals surface area contributed by atoms with Crippen LogP contribution in [0.3, 0.4) is 0 Å². The summed E-state index contributed by atoms with van der Waals surface area (Å²) in [5.41, 5.74) is 0.923. The van der Waals surface area contributed by atoms with Crippen molar-refractivity contribution in [2.24, 2.45) is 0 Å². The molecular weight excluding hydrogens is 212 g/mol. The van der Waals surface area contributed by atoms with Gasteiger partial charge in [-0.2, -0.15) is 0 Å². The van der Waals surface area contributed by atoms with Gasteiger partial charge < -0.3 is 20.2 Å². The lowest BCUT2D eigenvalue weighted by atomic mass is 10.2. The van der Waals surface area contributed by atoms with Crippen LogP contribution in [0.2, 0.25) is 0 Å². The maximum absolute atomic E-state index is 10.8. The van der Waals surface area contributed by atoms with Crippen LogP contribution in [0, 0.1) is 0 Å². The van der Waals surface area contributed by atoms with Crippen LogP contribution in [-0.4, -0.2) is 29.6 Å². The average Bonchev–Trinajstić information content (AvgIpc) is 2.68. The van der Waals surface area contributed by atoms with Gasteiger partial charge in [0.15, 0.2) is 0 Å². The van der Waals surface area contributed by atoms with E-state index in [9.17, 15) is 9.59 Å². The van der Waals surface area contributed by atoms with E-state index in [1.807, 2.05) is 0 Å². The number of nitrogens with one attached hydrogen (secondary N) is 2. The number of hydrogen-bond donors (Lipinski definition) is 3. The molecule has 0 fully saturated rings. The predicted molar refractivity (Wildman–Crippen MR) is 55.7 cm³/mol. The van der Waals surface area contributed by atoms with E-state index in [4.69, 9.17) is 9.52 Å². The SMILES string of the molecule is CC(=O)NC(CNCc1ccoc1)C(=O)O. The first-order chi connectivity index (χ1) is 7.59. The molecule has 0 aromatic carbocycles. The van der Waals surface area contributed by atoms with Gasteiger partial charge in [0, 0.05) is 25.6 Å². The van der Waals surface area contributed by atoms with Gasteiger partial charge in [0.05, 0.1) is 12.5 Å². The van der Waals surface area contributed by atoms with Crippen molar-refractivity contribution < 1.29 is 19.1 Å². The van der Waals surface area contributed by atoms with Gasteiger partial charge in [-0.3, -0.25) is 4.79 Å².